The number of benzene rings is 2. The monoisotopic (exact) mass is 1110 g/mol. The zero-order chi connectivity index (χ0) is 58.4. The van der Waals surface area contributed by atoms with E-state index in [0.717, 1.165) is 11.1 Å². The van der Waals surface area contributed by atoms with Crippen molar-refractivity contribution in [3.8, 4) is 17.1 Å². The Bertz CT molecular complexity index is 2970. The van der Waals surface area contributed by atoms with Gasteiger partial charge in [0, 0.05) is 75.6 Å². The molecule has 434 valence electrons. The largest absolute Gasteiger partial charge is 0.458 e. The molecule has 25 nitrogen and oxygen atoms in total. The Balaban J connectivity index is 1.10. The molecule has 0 saturated heterocycles. The zero-order valence-corrected chi connectivity index (χ0v) is 46.8. The highest BCUT2D eigenvalue weighted by Crippen LogP contribution is 2.41. The van der Waals surface area contributed by atoms with Gasteiger partial charge in [0.1, 0.15) is 31.6 Å². The summed E-state index contributed by atoms with van der Waals surface area (Å²) >= 11 is 0. The highest BCUT2D eigenvalue weighted by Gasteiger charge is 2.45. The number of primary amides is 1. The van der Waals surface area contributed by atoms with Crippen LogP contribution >= 0.6 is 0 Å². The SMILES string of the molecule is CCc1c2c(nc3ccc(OC(=O)N(CCOCCOC(=O)N(C)CCN(C)C)CCN(C)C(=O)OCc4ccc(NC(=O)[C@H](CCCNC(N)=O)NC(=O)[C@@H](N)C(C)C)cc4)cc13)-c1cc3c(c(=O)n1C2)COC(=O)[C@@]3(O)CC. The lowest BCUT2D eigenvalue weighted by Gasteiger charge is -2.31. The number of nitrogens with zero attached hydrogens (tertiary/aromatic N) is 6. The minimum atomic E-state index is -1.97. The van der Waals surface area contributed by atoms with Gasteiger partial charge in [-0.25, -0.2) is 29.0 Å². The summed E-state index contributed by atoms with van der Waals surface area (Å²) in [6.45, 7) is 8.38. The van der Waals surface area contributed by atoms with Crippen molar-refractivity contribution < 1.29 is 62.4 Å². The molecule has 0 unspecified atom stereocenters. The molecule has 4 heterocycles. The molecule has 7 amide bonds. The minimum Gasteiger partial charge on any atom is -0.458 e. The number of carbonyl (C=O) groups excluding carboxylic acids is 7. The summed E-state index contributed by atoms with van der Waals surface area (Å²) in [6.07, 6.45) is -0.872. The van der Waals surface area contributed by atoms with Crippen LogP contribution in [-0.4, -0.2) is 176 Å². The molecule has 4 aromatic rings. The predicted molar refractivity (Wildman–Crippen MR) is 294 cm³/mol. The number of hydrogen-bond donors (Lipinski definition) is 6. The Morgan fingerprint density at radius 2 is 1.55 bits per heavy atom. The molecule has 25 heteroatoms. The summed E-state index contributed by atoms with van der Waals surface area (Å²) in [5, 5.41) is 20.0. The lowest BCUT2D eigenvalue weighted by atomic mass is 9.86. The number of anilines is 1. The van der Waals surface area contributed by atoms with Gasteiger partial charge in [0.05, 0.1) is 48.3 Å². The zero-order valence-electron chi connectivity index (χ0n) is 46.8. The van der Waals surface area contributed by atoms with Crippen molar-refractivity contribution in [3.63, 3.8) is 0 Å². The van der Waals surface area contributed by atoms with E-state index < -0.39 is 59.8 Å². The topological polar surface area (TPSA) is 322 Å². The molecule has 2 aliphatic rings. The smallest absolute Gasteiger partial charge is 0.415 e. The lowest BCUT2D eigenvalue weighted by molar-refractivity contribution is -0.172. The first-order valence-corrected chi connectivity index (χ1v) is 26.6. The van der Waals surface area contributed by atoms with E-state index in [0.29, 0.717) is 59.5 Å². The van der Waals surface area contributed by atoms with Gasteiger partial charge >= 0.3 is 30.3 Å². The van der Waals surface area contributed by atoms with Gasteiger partial charge in [-0.15, -0.1) is 0 Å². The number of pyridine rings is 2. The van der Waals surface area contributed by atoms with E-state index in [4.69, 9.17) is 40.1 Å². The van der Waals surface area contributed by atoms with Crippen molar-refractivity contribution in [2.24, 2.45) is 17.4 Å². The maximum Gasteiger partial charge on any atom is 0.415 e. The number of nitrogens with two attached hydrogens (primary N) is 2. The van der Waals surface area contributed by atoms with Crippen LogP contribution in [0, 0.1) is 5.92 Å². The number of nitrogens with one attached hydrogen (secondary N) is 3. The second-order valence-electron chi connectivity index (χ2n) is 20.3. The highest BCUT2D eigenvalue weighted by atomic mass is 16.6. The fraction of sp³-hybridized carbons (Fsp3) is 0.509. The lowest BCUT2D eigenvalue weighted by Crippen LogP contribution is -2.51. The maximum atomic E-state index is 14.1. The first-order valence-electron chi connectivity index (χ1n) is 26.6. The van der Waals surface area contributed by atoms with Crippen LogP contribution < -0.4 is 37.7 Å². The molecule has 0 aliphatic carbocycles. The standard InChI is InChI=1S/C55H75N11O14/c1-9-37-38-28-36(17-18-42(38)60-46-39(37)30-66-44(46)29-41-40(49(66)69)32-78-50(70)55(41,75)10-2)80-54(74)65(24-25-76-26-27-77-52(72)63(7)21-20-62(5)6)23-22-64(8)53(73)79-31-34-13-15-35(16-14-34)59-47(67)43(12-11-19-58-51(57)71)61-48(68)45(56)33(3)4/h13-18,28-29,33,43,45,75H,9-12,19-27,30-32,56H2,1-8H3,(H,59,67)(H,61,68)(H3,57,58,71)/t43-,45-,55+/m0/s1. The number of cyclic esters (lactones) is 1. The van der Waals surface area contributed by atoms with E-state index >= 15 is 0 Å². The number of hydrogen-bond acceptors (Lipinski definition) is 17. The van der Waals surface area contributed by atoms with E-state index in [2.05, 4.69) is 16.0 Å². The van der Waals surface area contributed by atoms with Crippen LogP contribution in [0.25, 0.3) is 22.3 Å². The molecular weight excluding hydrogens is 1040 g/mol. The average molecular weight is 1110 g/mol. The van der Waals surface area contributed by atoms with Crippen molar-refractivity contribution in [1.82, 2.24) is 39.8 Å². The molecule has 8 N–H and O–H groups in total. The first-order chi connectivity index (χ1) is 38.1. The van der Waals surface area contributed by atoms with Crippen LogP contribution in [0.2, 0.25) is 0 Å². The van der Waals surface area contributed by atoms with Crippen molar-refractivity contribution in [2.45, 2.75) is 90.8 Å². The summed E-state index contributed by atoms with van der Waals surface area (Å²) in [4.78, 5) is 115. The molecule has 2 aromatic carbocycles. The average Bonchev–Trinajstić information content (AvgIpc) is 4.05. The number of esters is 1. The Morgan fingerprint density at radius 3 is 2.21 bits per heavy atom. The Labute approximate surface area is 464 Å². The number of carbonyl (C=O) groups is 7. The van der Waals surface area contributed by atoms with Gasteiger partial charge in [-0.05, 0) is 93.2 Å². The van der Waals surface area contributed by atoms with Crippen molar-refractivity contribution in [2.75, 3.05) is 92.6 Å². The molecule has 0 bridgehead atoms. The number of aromatic nitrogens is 2. The second kappa shape index (κ2) is 27.8. The third kappa shape index (κ3) is 15.3. The van der Waals surface area contributed by atoms with Crippen LogP contribution in [-0.2, 0) is 65.1 Å². The number of amides is 7. The van der Waals surface area contributed by atoms with Gasteiger partial charge in [-0.1, -0.05) is 39.8 Å². The molecule has 80 heavy (non-hydrogen) atoms. The Hall–Kier alpha value is -7.87. The Kier molecular flexibility index (Phi) is 21.3. The number of likely N-dealkylation sites (N-methyl/N-ethyl adjacent to an activating group) is 3. The summed E-state index contributed by atoms with van der Waals surface area (Å²) < 4.78 is 29.5. The van der Waals surface area contributed by atoms with E-state index in [-0.39, 0.29) is 107 Å². The number of urea groups is 1. The summed E-state index contributed by atoms with van der Waals surface area (Å²) in [6, 6.07) is 10.7. The maximum absolute atomic E-state index is 14.1. The van der Waals surface area contributed by atoms with Crippen molar-refractivity contribution >= 4 is 58.7 Å². The van der Waals surface area contributed by atoms with Gasteiger partial charge in [-0.2, -0.15) is 0 Å². The molecule has 0 saturated carbocycles. The van der Waals surface area contributed by atoms with Gasteiger partial charge in [-0.3, -0.25) is 14.4 Å². The number of fused-ring (bicyclic) bond motifs is 5. The normalized spacial score (nSPS) is 15.0. The van der Waals surface area contributed by atoms with Crippen molar-refractivity contribution in [3.05, 3.63) is 86.7 Å². The van der Waals surface area contributed by atoms with Crippen LogP contribution in [0.5, 0.6) is 5.75 Å². The third-order valence-corrected chi connectivity index (χ3v) is 14.0. The molecule has 0 spiro atoms. The number of aryl methyl sites for hydroxylation is 1. The van der Waals surface area contributed by atoms with E-state index in [1.807, 2.05) is 25.9 Å². The number of ether oxygens (including phenoxy) is 5. The predicted octanol–water partition coefficient (Wildman–Crippen LogP) is 3.21. The molecule has 0 fully saturated rings. The van der Waals surface area contributed by atoms with Gasteiger partial charge in [0.15, 0.2) is 5.60 Å². The number of rotatable bonds is 26. The molecule has 2 aliphatic heterocycles. The molecule has 2 aromatic heterocycles. The number of aliphatic hydroxyl groups is 1. The Morgan fingerprint density at radius 1 is 0.850 bits per heavy atom. The van der Waals surface area contributed by atoms with Gasteiger partial charge < -0.3 is 80.4 Å². The second-order valence-corrected chi connectivity index (χ2v) is 20.3. The molecular formula is C55H75N11O14. The quantitative estimate of drug-likeness (QED) is 0.0263. The highest BCUT2D eigenvalue weighted by molar-refractivity contribution is 5.98. The van der Waals surface area contributed by atoms with Crippen LogP contribution in [0.15, 0.2) is 53.3 Å². The summed E-state index contributed by atoms with van der Waals surface area (Å²) in [5.74, 6) is -1.78. The van der Waals surface area contributed by atoms with E-state index in [1.165, 1.54) is 21.7 Å². The first kappa shape index (κ1) is 61.3. The van der Waals surface area contributed by atoms with E-state index in [9.17, 15) is 43.5 Å². The van der Waals surface area contributed by atoms with Crippen LogP contribution in [0.4, 0.5) is 24.9 Å². The molecule has 0 radical (unpaired) electrons. The molecule has 3 atom stereocenters. The summed E-state index contributed by atoms with van der Waals surface area (Å²) in [5.41, 5.74) is 13.5. The molecule has 6 rings (SSSR count). The van der Waals surface area contributed by atoms with E-state index in [1.54, 1.807) is 80.9 Å². The van der Waals surface area contributed by atoms with Crippen LogP contribution in [0.1, 0.15) is 74.8 Å². The fourth-order valence-corrected chi connectivity index (χ4v) is 8.97. The van der Waals surface area contributed by atoms with Gasteiger partial charge in [0.2, 0.25) is 11.8 Å². The van der Waals surface area contributed by atoms with Crippen LogP contribution in [0.3, 0.4) is 0 Å². The summed E-state index contributed by atoms with van der Waals surface area (Å²) in [7, 11) is 6.95. The fourth-order valence-electron chi connectivity index (χ4n) is 8.97. The third-order valence-electron chi connectivity index (χ3n) is 14.0. The van der Waals surface area contributed by atoms with Crippen molar-refractivity contribution in [1.29, 1.82) is 0 Å². The minimum absolute atomic E-state index is 0.00993. The van der Waals surface area contributed by atoms with Gasteiger partial charge in [0.25, 0.3) is 5.56 Å².